The molecule has 1 aromatic heterocycles. The van der Waals surface area contributed by atoms with Gasteiger partial charge in [0.25, 0.3) is 5.56 Å². The predicted molar refractivity (Wildman–Crippen MR) is 109 cm³/mol. The summed E-state index contributed by atoms with van der Waals surface area (Å²) in [7, 11) is 0. The molecule has 0 saturated carbocycles. The van der Waals surface area contributed by atoms with Crippen molar-refractivity contribution in [3.8, 4) is 5.69 Å². The Balaban J connectivity index is 1.87. The molecule has 3 aromatic rings. The first-order chi connectivity index (χ1) is 12.9. The van der Waals surface area contributed by atoms with Crippen molar-refractivity contribution in [3.63, 3.8) is 0 Å². The summed E-state index contributed by atoms with van der Waals surface area (Å²) < 4.78 is 1.36. The second-order valence-corrected chi connectivity index (χ2v) is 6.85. The normalized spacial score (nSPS) is 11.5. The van der Waals surface area contributed by atoms with Gasteiger partial charge in [-0.1, -0.05) is 41.4 Å². The molecular weight excluding hydrogens is 385 g/mol. The number of allylic oxidation sites excluding steroid dienone is 2. The molecule has 5 nitrogen and oxygen atoms in total. The highest BCUT2D eigenvalue weighted by atomic mass is 35.5. The minimum absolute atomic E-state index is 0.106. The summed E-state index contributed by atoms with van der Waals surface area (Å²) in [5, 5.41) is 6.87. The number of aromatic nitrogens is 2. The van der Waals surface area contributed by atoms with Crippen molar-refractivity contribution in [2.45, 2.75) is 13.8 Å². The number of rotatable bonds is 5. The lowest BCUT2D eigenvalue weighted by atomic mass is 10.1. The quantitative estimate of drug-likeness (QED) is 0.467. The van der Waals surface area contributed by atoms with E-state index in [1.165, 1.54) is 10.8 Å². The Morgan fingerprint density at radius 3 is 2.48 bits per heavy atom. The molecule has 0 amide bonds. The number of anilines is 1. The first kappa shape index (κ1) is 19.0. The summed E-state index contributed by atoms with van der Waals surface area (Å²) >= 11 is 11.9. The number of nitrogens with zero attached hydrogens (tertiary/aromatic N) is 1. The first-order valence-corrected chi connectivity index (χ1v) is 8.94. The summed E-state index contributed by atoms with van der Waals surface area (Å²) in [4.78, 5) is 25.3. The number of nitrogens with one attached hydrogen (secondary N) is 2. The number of benzene rings is 2. The van der Waals surface area contributed by atoms with Gasteiger partial charge in [0.1, 0.15) is 5.56 Å². The van der Waals surface area contributed by atoms with Crippen LogP contribution in [0.1, 0.15) is 23.0 Å². The molecule has 7 heteroatoms. The highest BCUT2D eigenvalue weighted by molar-refractivity contribution is 6.42. The highest BCUT2D eigenvalue weighted by Crippen LogP contribution is 2.25. The number of aromatic amines is 1. The van der Waals surface area contributed by atoms with E-state index in [-0.39, 0.29) is 16.9 Å². The number of hydrogen-bond donors (Lipinski definition) is 2. The lowest BCUT2D eigenvalue weighted by Crippen LogP contribution is -2.20. The molecule has 3 rings (SSSR count). The van der Waals surface area contributed by atoms with Crippen molar-refractivity contribution < 1.29 is 4.79 Å². The topological polar surface area (TPSA) is 66.9 Å². The van der Waals surface area contributed by atoms with E-state index in [0.29, 0.717) is 32.8 Å². The molecule has 27 heavy (non-hydrogen) atoms. The van der Waals surface area contributed by atoms with Gasteiger partial charge in [-0.2, -0.15) is 0 Å². The van der Waals surface area contributed by atoms with E-state index in [9.17, 15) is 9.59 Å². The van der Waals surface area contributed by atoms with Crippen LogP contribution in [0.5, 0.6) is 0 Å². The van der Waals surface area contributed by atoms with Crippen LogP contribution in [0.3, 0.4) is 0 Å². The zero-order chi connectivity index (χ0) is 19.6. The van der Waals surface area contributed by atoms with Crippen LogP contribution in [-0.2, 0) is 0 Å². The number of para-hydroxylation sites is 1. The zero-order valence-electron chi connectivity index (χ0n) is 14.7. The van der Waals surface area contributed by atoms with Crippen molar-refractivity contribution in [1.82, 2.24) is 9.78 Å². The van der Waals surface area contributed by atoms with E-state index in [1.807, 2.05) is 18.2 Å². The van der Waals surface area contributed by atoms with Crippen molar-refractivity contribution >= 4 is 34.7 Å². The van der Waals surface area contributed by atoms with Crippen molar-refractivity contribution in [2.24, 2.45) is 0 Å². The Bertz CT molecular complexity index is 1080. The van der Waals surface area contributed by atoms with Gasteiger partial charge >= 0.3 is 0 Å². The van der Waals surface area contributed by atoms with Gasteiger partial charge < -0.3 is 5.32 Å². The van der Waals surface area contributed by atoms with Gasteiger partial charge in [-0.05, 0) is 44.2 Å². The lowest BCUT2D eigenvalue weighted by molar-refractivity contribution is 0.104. The minimum atomic E-state index is -0.387. The summed E-state index contributed by atoms with van der Waals surface area (Å²) in [5.74, 6) is -0.381. The molecule has 0 unspecified atom stereocenters. The fourth-order valence-electron chi connectivity index (χ4n) is 2.70. The average Bonchev–Trinajstić information content (AvgIpc) is 2.93. The smallest absolute Gasteiger partial charge is 0.282 e. The Morgan fingerprint density at radius 1 is 1.11 bits per heavy atom. The maximum atomic E-state index is 12.7. The molecule has 138 valence electrons. The molecule has 0 aliphatic rings. The highest BCUT2D eigenvalue weighted by Gasteiger charge is 2.18. The van der Waals surface area contributed by atoms with Crippen LogP contribution in [-0.4, -0.2) is 15.6 Å². The van der Waals surface area contributed by atoms with Crippen molar-refractivity contribution in [1.29, 1.82) is 0 Å². The molecule has 0 bridgehead atoms. The van der Waals surface area contributed by atoms with Gasteiger partial charge in [0.05, 0.1) is 15.7 Å². The summed E-state index contributed by atoms with van der Waals surface area (Å²) in [6.07, 6.45) is 1.38. The Labute approximate surface area is 166 Å². The van der Waals surface area contributed by atoms with Gasteiger partial charge in [-0.3, -0.25) is 14.7 Å². The Hall–Kier alpha value is -2.76. The Morgan fingerprint density at radius 2 is 1.81 bits per heavy atom. The lowest BCUT2D eigenvalue weighted by Gasteiger charge is -2.07. The van der Waals surface area contributed by atoms with Crippen LogP contribution < -0.4 is 10.9 Å². The molecule has 0 aliphatic heterocycles. The van der Waals surface area contributed by atoms with Crippen molar-refractivity contribution in [3.05, 3.63) is 92.0 Å². The molecule has 0 radical (unpaired) electrons. The fraction of sp³-hybridized carbons (Fsp3) is 0.100. The largest absolute Gasteiger partial charge is 0.359 e. The van der Waals surface area contributed by atoms with Gasteiger partial charge in [0.2, 0.25) is 0 Å². The molecule has 0 saturated heterocycles. The maximum absolute atomic E-state index is 12.7. The predicted octanol–water partition coefficient (Wildman–Crippen LogP) is 4.98. The second kappa shape index (κ2) is 7.86. The first-order valence-electron chi connectivity index (χ1n) is 8.18. The van der Waals surface area contributed by atoms with Gasteiger partial charge in [0, 0.05) is 23.2 Å². The minimum Gasteiger partial charge on any atom is -0.359 e. The number of H-pyrrole nitrogens is 1. The summed E-state index contributed by atoms with van der Waals surface area (Å²) in [5.41, 5.74) is 2.16. The number of hydrogen-bond acceptors (Lipinski definition) is 3. The van der Waals surface area contributed by atoms with E-state index in [0.717, 1.165) is 0 Å². The van der Waals surface area contributed by atoms with Crippen LogP contribution >= 0.6 is 23.2 Å². The molecule has 2 aromatic carbocycles. The third-order valence-electron chi connectivity index (χ3n) is 3.94. The average molecular weight is 402 g/mol. The van der Waals surface area contributed by atoms with Crippen molar-refractivity contribution in [2.75, 3.05) is 5.32 Å². The second-order valence-electron chi connectivity index (χ2n) is 6.03. The fourth-order valence-corrected chi connectivity index (χ4v) is 3.00. The van der Waals surface area contributed by atoms with Gasteiger partial charge in [-0.25, -0.2) is 4.68 Å². The molecule has 0 aliphatic carbocycles. The number of carbonyl (C=O) groups is 1. The van der Waals surface area contributed by atoms with Gasteiger partial charge in [0.15, 0.2) is 5.78 Å². The third-order valence-corrected chi connectivity index (χ3v) is 4.68. The zero-order valence-corrected chi connectivity index (χ0v) is 16.2. The van der Waals surface area contributed by atoms with E-state index in [4.69, 9.17) is 23.2 Å². The summed E-state index contributed by atoms with van der Waals surface area (Å²) in [6.45, 7) is 3.43. The van der Waals surface area contributed by atoms with Crippen LogP contribution in [0, 0.1) is 6.92 Å². The molecule has 0 spiro atoms. The summed E-state index contributed by atoms with van der Waals surface area (Å²) in [6, 6.07) is 14.2. The number of halogens is 2. The molecular formula is C20H17Cl2N3O2. The third kappa shape index (κ3) is 4.15. The van der Waals surface area contributed by atoms with E-state index in [2.05, 4.69) is 10.4 Å². The van der Waals surface area contributed by atoms with E-state index < -0.39 is 0 Å². The van der Waals surface area contributed by atoms with Gasteiger partial charge in [-0.15, -0.1) is 0 Å². The number of carbonyl (C=O) groups excluding carboxylic acids is 1. The van der Waals surface area contributed by atoms with Crippen LogP contribution in [0.4, 0.5) is 5.69 Å². The maximum Gasteiger partial charge on any atom is 0.282 e. The molecule has 1 heterocycles. The van der Waals surface area contributed by atoms with Crippen LogP contribution in [0.15, 0.2) is 65.1 Å². The van der Waals surface area contributed by atoms with Crippen LogP contribution in [0.2, 0.25) is 10.0 Å². The molecule has 0 atom stereocenters. The van der Waals surface area contributed by atoms with E-state index >= 15 is 0 Å². The van der Waals surface area contributed by atoms with Crippen LogP contribution in [0.25, 0.3) is 5.69 Å². The van der Waals surface area contributed by atoms with E-state index in [1.54, 1.807) is 44.2 Å². The monoisotopic (exact) mass is 401 g/mol. The SMILES string of the molecule is C/C(=C/C(=O)c1c(C)[nH]n(-c2ccccc2)c1=O)Nc1ccc(Cl)c(Cl)c1. The number of ketones is 1. The molecule has 0 fully saturated rings. The Kier molecular flexibility index (Phi) is 5.54. The molecule has 2 N–H and O–H groups in total. The standard InChI is InChI=1S/C20H17Cl2N3O2/c1-12(23-14-8-9-16(21)17(22)11-14)10-18(26)19-13(2)24-25(20(19)27)15-6-4-3-5-7-15/h3-11,23-24H,1-2H3/b12-10-. The number of aryl methyl sites for hydroxylation is 1.